The van der Waals surface area contributed by atoms with Crippen molar-refractivity contribution in [3.8, 4) is 11.3 Å². The van der Waals surface area contributed by atoms with Gasteiger partial charge in [-0.25, -0.2) is 0 Å². The van der Waals surface area contributed by atoms with Crippen LogP contribution in [0.1, 0.15) is 19.4 Å². The fourth-order valence-electron chi connectivity index (χ4n) is 2.43. The van der Waals surface area contributed by atoms with Gasteiger partial charge in [0.05, 0.1) is 5.69 Å². The first kappa shape index (κ1) is 17.5. The Morgan fingerprint density at radius 2 is 1.96 bits per heavy atom. The van der Waals surface area contributed by atoms with Crippen molar-refractivity contribution in [3.63, 3.8) is 0 Å². The molecule has 0 radical (unpaired) electrons. The maximum Gasteiger partial charge on any atom is 0.0965 e. The zero-order valence-corrected chi connectivity index (χ0v) is 14.7. The van der Waals surface area contributed by atoms with Gasteiger partial charge in [-0.1, -0.05) is 26.0 Å². The Morgan fingerprint density at radius 1 is 1.22 bits per heavy atom. The number of likely N-dealkylation sites (N-methyl/N-ethyl adjacent to an activating group) is 2. The Labute approximate surface area is 139 Å². The molecule has 1 aromatic carbocycles. The number of hydrogen-bond acceptors (Lipinski definition) is 4. The first-order valence-corrected chi connectivity index (χ1v) is 8.30. The van der Waals surface area contributed by atoms with Crippen LogP contribution in [0.15, 0.2) is 30.5 Å². The number of nitrogens with zero attached hydrogens (tertiary/aromatic N) is 2. The molecule has 1 heterocycles. The van der Waals surface area contributed by atoms with E-state index in [4.69, 9.17) is 0 Å². The predicted octanol–water partition coefficient (Wildman–Crippen LogP) is 2.80. The van der Waals surface area contributed by atoms with E-state index >= 15 is 0 Å². The van der Waals surface area contributed by atoms with Crippen molar-refractivity contribution in [1.82, 2.24) is 20.4 Å². The highest BCUT2D eigenvalue weighted by atomic mass is 15.1. The lowest BCUT2D eigenvalue weighted by atomic mass is 10.1. The van der Waals surface area contributed by atoms with Crippen molar-refractivity contribution in [2.75, 3.05) is 39.0 Å². The summed E-state index contributed by atoms with van der Waals surface area (Å²) in [4.78, 5) is 2.30. The molecular formula is C18H29N5. The van der Waals surface area contributed by atoms with Gasteiger partial charge in [0.25, 0.3) is 0 Å². The Kier molecular flexibility index (Phi) is 6.62. The van der Waals surface area contributed by atoms with Crippen LogP contribution >= 0.6 is 0 Å². The second kappa shape index (κ2) is 8.70. The van der Waals surface area contributed by atoms with Crippen LogP contribution in [0.3, 0.4) is 0 Å². The number of nitrogens with one attached hydrogen (secondary N) is 3. The minimum absolute atomic E-state index is 0.640. The smallest absolute Gasteiger partial charge is 0.0965 e. The third-order valence-corrected chi connectivity index (χ3v) is 3.78. The highest BCUT2D eigenvalue weighted by molar-refractivity contribution is 5.65. The molecule has 126 valence electrons. The number of hydrogen-bond donors (Lipinski definition) is 3. The second-order valence-electron chi connectivity index (χ2n) is 6.45. The van der Waals surface area contributed by atoms with Crippen LogP contribution in [0.2, 0.25) is 0 Å². The van der Waals surface area contributed by atoms with Crippen LogP contribution in [-0.4, -0.2) is 48.8 Å². The molecule has 0 saturated carbocycles. The summed E-state index contributed by atoms with van der Waals surface area (Å²) in [5, 5.41) is 14.1. The van der Waals surface area contributed by atoms with Gasteiger partial charge in [-0.15, -0.1) is 0 Å². The van der Waals surface area contributed by atoms with Gasteiger partial charge in [-0.3, -0.25) is 5.10 Å². The molecule has 0 aliphatic rings. The number of aromatic amines is 1. The van der Waals surface area contributed by atoms with Gasteiger partial charge in [0.1, 0.15) is 0 Å². The van der Waals surface area contributed by atoms with E-state index in [0.29, 0.717) is 5.92 Å². The van der Waals surface area contributed by atoms with Gasteiger partial charge in [-0.05, 0) is 32.1 Å². The van der Waals surface area contributed by atoms with Crippen molar-refractivity contribution >= 4 is 5.69 Å². The molecule has 0 aliphatic carbocycles. The molecule has 0 unspecified atom stereocenters. The van der Waals surface area contributed by atoms with Gasteiger partial charge in [0.15, 0.2) is 0 Å². The van der Waals surface area contributed by atoms with E-state index in [-0.39, 0.29) is 0 Å². The molecule has 2 aromatic rings. The molecule has 5 heteroatoms. The van der Waals surface area contributed by atoms with Gasteiger partial charge in [-0.2, -0.15) is 5.10 Å². The number of H-pyrrole nitrogens is 1. The molecule has 0 spiro atoms. The molecule has 0 amide bonds. The first-order chi connectivity index (χ1) is 11.1. The van der Waals surface area contributed by atoms with E-state index in [1.165, 1.54) is 5.56 Å². The van der Waals surface area contributed by atoms with E-state index in [9.17, 15) is 0 Å². The molecule has 0 bridgehead atoms. The van der Waals surface area contributed by atoms with Crippen molar-refractivity contribution < 1.29 is 0 Å². The average molecular weight is 315 g/mol. The number of anilines is 1. The lowest BCUT2D eigenvalue weighted by Gasteiger charge is -2.16. The van der Waals surface area contributed by atoms with Crippen LogP contribution in [0.5, 0.6) is 0 Å². The number of rotatable bonds is 9. The first-order valence-electron chi connectivity index (χ1n) is 8.30. The maximum atomic E-state index is 4.44. The molecular weight excluding hydrogens is 286 g/mol. The van der Waals surface area contributed by atoms with E-state index in [1.807, 2.05) is 13.2 Å². The zero-order chi connectivity index (χ0) is 16.7. The molecule has 3 N–H and O–H groups in total. The third kappa shape index (κ3) is 5.37. The summed E-state index contributed by atoms with van der Waals surface area (Å²) in [5.41, 5.74) is 4.58. The van der Waals surface area contributed by atoms with Crippen LogP contribution in [0.25, 0.3) is 11.3 Å². The van der Waals surface area contributed by atoms with E-state index in [2.05, 4.69) is 70.9 Å². The summed E-state index contributed by atoms with van der Waals surface area (Å²) in [7, 11) is 4.11. The van der Waals surface area contributed by atoms with E-state index < -0.39 is 0 Å². The van der Waals surface area contributed by atoms with Crippen LogP contribution < -0.4 is 10.6 Å². The van der Waals surface area contributed by atoms with Crippen molar-refractivity contribution in [2.45, 2.75) is 20.4 Å². The standard InChI is InChI=1S/C18H29N5/c1-14(2)11-20-17-7-5-15(6-8-17)18-16(12-21-22-18)13-23(4)10-9-19-3/h5-8,12,14,19-20H,9-11,13H2,1-4H3,(H,21,22). The molecule has 5 nitrogen and oxygen atoms in total. The van der Waals surface area contributed by atoms with Crippen LogP contribution in [0.4, 0.5) is 5.69 Å². The maximum absolute atomic E-state index is 4.44. The van der Waals surface area contributed by atoms with Gasteiger partial charge in [0.2, 0.25) is 0 Å². The minimum Gasteiger partial charge on any atom is -0.385 e. The van der Waals surface area contributed by atoms with Crippen molar-refractivity contribution in [3.05, 3.63) is 36.0 Å². The van der Waals surface area contributed by atoms with Crippen molar-refractivity contribution in [1.29, 1.82) is 0 Å². The van der Waals surface area contributed by atoms with E-state index in [0.717, 1.165) is 43.1 Å². The minimum atomic E-state index is 0.640. The quantitative estimate of drug-likeness (QED) is 0.666. The predicted molar refractivity (Wildman–Crippen MR) is 97.6 cm³/mol. The Morgan fingerprint density at radius 3 is 2.61 bits per heavy atom. The summed E-state index contributed by atoms with van der Waals surface area (Å²) >= 11 is 0. The summed E-state index contributed by atoms with van der Waals surface area (Å²) in [6.45, 7) is 8.30. The Hall–Kier alpha value is -1.85. The van der Waals surface area contributed by atoms with Gasteiger partial charge < -0.3 is 15.5 Å². The van der Waals surface area contributed by atoms with Crippen molar-refractivity contribution in [2.24, 2.45) is 5.92 Å². The Bertz CT molecular complexity index is 573. The molecule has 0 atom stereocenters. The summed E-state index contributed by atoms with van der Waals surface area (Å²) in [6.07, 6.45) is 2.00. The molecule has 0 aliphatic heterocycles. The number of benzene rings is 1. The summed E-state index contributed by atoms with van der Waals surface area (Å²) in [5.74, 6) is 0.640. The normalized spacial score (nSPS) is 11.4. The SMILES string of the molecule is CNCCN(C)Cc1c[nH]nc1-c1ccc(NCC(C)C)cc1. The molecule has 0 fully saturated rings. The Balaban J connectivity index is 2.03. The largest absolute Gasteiger partial charge is 0.385 e. The molecule has 0 saturated heterocycles. The zero-order valence-electron chi connectivity index (χ0n) is 14.7. The fraction of sp³-hybridized carbons (Fsp3) is 0.500. The average Bonchev–Trinajstić information content (AvgIpc) is 2.99. The second-order valence-corrected chi connectivity index (χ2v) is 6.45. The fourth-order valence-corrected chi connectivity index (χ4v) is 2.43. The molecule has 2 rings (SSSR count). The topological polar surface area (TPSA) is 56.0 Å². The van der Waals surface area contributed by atoms with Gasteiger partial charge in [0, 0.05) is 49.2 Å². The molecule has 1 aromatic heterocycles. The number of aromatic nitrogens is 2. The highest BCUT2D eigenvalue weighted by Crippen LogP contribution is 2.23. The lowest BCUT2D eigenvalue weighted by Crippen LogP contribution is -2.26. The molecule has 23 heavy (non-hydrogen) atoms. The summed E-state index contributed by atoms with van der Waals surface area (Å²) < 4.78 is 0. The van der Waals surface area contributed by atoms with Crippen LogP contribution in [0, 0.1) is 5.92 Å². The van der Waals surface area contributed by atoms with Gasteiger partial charge >= 0.3 is 0 Å². The highest BCUT2D eigenvalue weighted by Gasteiger charge is 2.10. The van der Waals surface area contributed by atoms with E-state index in [1.54, 1.807) is 0 Å². The monoisotopic (exact) mass is 315 g/mol. The lowest BCUT2D eigenvalue weighted by molar-refractivity contribution is 0.328. The van der Waals surface area contributed by atoms with Crippen LogP contribution in [-0.2, 0) is 6.54 Å². The summed E-state index contributed by atoms with van der Waals surface area (Å²) in [6, 6.07) is 8.52. The third-order valence-electron chi connectivity index (χ3n) is 3.78.